The van der Waals surface area contributed by atoms with Crippen LogP contribution in [0.4, 0.5) is 5.69 Å². The van der Waals surface area contributed by atoms with E-state index in [2.05, 4.69) is 5.09 Å². The van der Waals surface area contributed by atoms with Crippen LogP contribution in [0.2, 0.25) is 0 Å². The highest BCUT2D eigenvalue weighted by Gasteiger charge is 2.35. The molecule has 1 N–H and O–H groups in total. The Morgan fingerprint density at radius 2 is 2.00 bits per heavy atom. The van der Waals surface area contributed by atoms with Crippen LogP contribution in [-0.4, -0.2) is 12.7 Å². The fourth-order valence-corrected chi connectivity index (χ4v) is 3.15. The van der Waals surface area contributed by atoms with Crippen molar-refractivity contribution in [1.29, 1.82) is 0 Å². The predicted octanol–water partition coefficient (Wildman–Crippen LogP) is 3.28. The Morgan fingerprint density at radius 1 is 1.31 bits per heavy atom. The average molecular weight is 241 g/mol. The van der Waals surface area contributed by atoms with Gasteiger partial charge in [-0.15, -0.1) is 0 Å². The highest BCUT2D eigenvalue weighted by molar-refractivity contribution is 7.55. The van der Waals surface area contributed by atoms with Crippen molar-refractivity contribution in [2.75, 3.05) is 11.7 Å². The lowest BCUT2D eigenvalue weighted by molar-refractivity contribution is 0.0478. The number of anilines is 1. The molecule has 1 aliphatic heterocycles. The van der Waals surface area contributed by atoms with Crippen molar-refractivity contribution >= 4 is 13.4 Å². The molecule has 1 heterocycles. The van der Waals surface area contributed by atoms with Gasteiger partial charge in [0.15, 0.2) is 0 Å². The van der Waals surface area contributed by atoms with Gasteiger partial charge in [-0.05, 0) is 19.1 Å². The van der Waals surface area contributed by atoms with Crippen LogP contribution >= 0.6 is 7.75 Å². The summed E-state index contributed by atoms with van der Waals surface area (Å²) in [7, 11) is -3.18. The third kappa shape index (κ3) is 2.64. The summed E-state index contributed by atoms with van der Waals surface area (Å²) in [6.07, 6.45) is -0.0594. The van der Waals surface area contributed by atoms with Crippen LogP contribution in [0, 0.1) is 5.92 Å². The maximum Gasteiger partial charge on any atom is 0.432 e. The summed E-state index contributed by atoms with van der Waals surface area (Å²) in [6, 6.07) is 9.29. The Labute approximate surface area is 95.5 Å². The van der Waals surface area contributed by atoms with Crippen LogP contribution in [0.25, 0.3) is 0 Å². The zero-order valence-electron chi connectivity index (χ0n) is 9.42. The average Bonchev–Trinajstić information content (AvgIpc) is 2.25. The van der Waals surface area contributed by atoms with Gasteiger partial charge in [-0.3, -0.25) is 14.1 Å². The van der Waals surface area contributed by atoms with Crippen LogP contribution in [0.1, 0.15) is 13.8 Å². The minimum Gasteiger partial charge on any atom is -0.293 e. The van der Waals surface area contributed by atoms with Crippen LogP contribution < -0.4 is 5.09 Å². The lowest BCUT2D eigenvalue weighted by Gasteiger charge is -2.32. The van der Waals surface area contributed by atoms with Gasteiger partial charge in [-0.25, -0.2) is 4.57 Å². The zero-order chi connectivity index (χ0) is 11.6. The van der Waals surface area contributed by atoms with Gasteiger partial charge in [0.05, 0.1) is 12.7 Å². The first kappa shape index (κ1) is 11.6. The van der Waals surface area contributed by atoms with Gasteiger partial charge in [0.2, 0.25) is 0 Å². The number of hydrogen-bond donors (Lipinski definition) is 1. The third-order valence-electron chi connectivity index (χ3n) is 2.65. The van der Waals surface area contributed by atoms with E-state index in [4.69, 9.17) is 9.05 Å². The summed E-state index contributed by atoms with van der Waals surface area (Å²) in [5.74, 6) is 0.264. The minimum absolute atomic E-state index is 0.0594. The molecule has 0 bridgehead atoms. The SMILES string of the molecule is CC1CO[P@](=O)(Nc2ccccc2)O[C@@H]1C. The molecule has 4 nitrogen and oxygen atoms in total. The Balaban J connectivity index is 2.07. The maximum absolute atomic E-state index is 12.2. The number of hydrogen-bond acceptors (Lipinski definition) is 3. The van der Waals surface area contributed by atoms with Gasteiger partial charge in [-0.2, -0.15) is 0 Å². The molecule has 0 radical (unpaired) electrons. The summed E-state index contributed by atoms with van der Waals surface area (Å²) in [5, 5.41) is 2.82. The molecule has 1 aliphatic rings. The van der Waals surface area contributed by atoms with E-state index in [-0.39, 0.29) is 12.0 Å². The van der Waals surface area contributed by atoms with Crippen molar-refractivity contribution in [3.05, 3.63) is 30.3 Å². The van der Waals surface area contributed by atoms with E-state index in [0.717, 1.165) is 5.69 Å². The zero-order valence-corrected chi connectivity index (χ0v) is 10.3. The van der Waals surface area contributed by atoms with Gasteiger partial charge >= 0.3 is 7.75 Å². The van der Waals surface area contributed by atoms with Crippen LogP contribution in [0.15, 0.2) is 30.3 Å². The van der Waals surface area contributed by atoms with E-state index < -0.39 is 7.75 Å². The second-order valence-electron chi connectivity index (χ2n) is 4.06. The first-order valence-corrected chi connectivity index (χ1v) is 6.90. The number of nitrogens with one attached hydrogen (secondary N) is 1. The second kappa shape index (κ2) is 4.58. The van der Waals surface area contributed by atoms with Gasteiger partial charge < -0.3 is 0 Å². The van der Waals surface area contributed by atoms with Crippen molar-refractivity contribution in [3.63, 3.8) is 0 Å². The molecule has 0 aliphatic carbocycles. The molecule has 1 unspecified atom stereocenters. The normalized spacial score (nSPS) is 34.6. The second-order valence-corrected chi connectivity index (χ2v) is 5.75. The molecule has 1 aromatic carbocycles. The topological polar surface area (TPSA) is 47.6 Å². The molecule has 1 fully saturated rings. The summed E-state index contributed by atoms with van der Waals surface area (Å²) in [5.41, 5.74) is 0.743. The smallest absolute Gasteiger partial charge is 0.293 e. The molecule has 0 aromatic heterocycles. The lowest BCUT2D eigenvalue weighted by atomic mass is 10.1. The van der Waals surface area contributed by atoms with E-state index >= 15 is 0 Å². The monoisotopic (exact) mass is 241 g/mol. The summed E-state index contributed by atoms with van der Waals surface area (Å²) in [6.45, 7) is 4.38. The molecule has 3 atom stereocenters. The Bertz CT molecular complexity index is 395. The number of benzene rings is 1. The summed E-state index contributed by atoms with van der Waals surface area (Å²) in [4.78, 5) is 0. The van der Waals surface area contributed by atoms with E-state index in [1.165, 1.54) is 0 Å². The van der Waals surface area contributed by atoms with Crippen LogP contribution in [0.5, 0.6) is 0 Å². The van der Waals surface area contributed by atoms with Crippen molar-refractivity contribution < 1.29 is 13.6 Å². The quantitative estimate of drug-likeness (QED) is 0.807. The number of rotatable bonds is 2. The van der Waals surface area contributed by atoms with Crippen molar-refractivity contribution in [2.45, 2.75) is 20.0 Å². The van der Waals surface area contributed by atoms with Gasteiger partial charge in [-0.1, -0.05) is 25.1 Å². The van der Waals surface area contributed by atoms with Crippen LogP contribution in [-0.2, 0) is 13.6 Å². The van der Waals surface area contributed by atoms with Crippen molar-refractivity contribution in [1.82, 2.24) is 0 Å². The summed E-state index contributed by atoms with van der Waals surface area (Å²) < 4.78 is 22.9. The van der Waals surface area contributed by atoms with Gasteiger partial charge in [0.1, 0.15) is 0 Å². The molecule has 16 heavy (non-hydrogen) atoms. The summed E-state index contributed by atoms with van der Waals surface area (Å²) >= 11 is 0. The Kier molecular flexibility index (Phi) is 3.33. The molecule has 88 valence electrons. The van der Waals surface area contributed by atoms with Crippen molar-refractivity contribution in [3.8, 4) is 0 Å². The first-order valence-electron chi connectivity index (χ1n) is 5.35. The molecule has 1 saturated heterocycles. The molecule has 2 rings (SSSR count). The number of para-hydroxylation sites is 1. The predicted molar refractivity (Wildman–Crippen MR) is 63.3 cm³/mol. The van der Waals surface area contributed by atoms with Gasteiger partial charge in [0.25, 0.3) is 0 Å². The van der Waals surface area contributed by atoms with Gasteiger partial charge in [0, 0.05) is 11.6 Å². The van der Waals surface area contributed by atoms with E-state index in [1.807, 2.05) is 44.2 Å². The molecule has 1 aromatic rings. The standard InChI is InChI=1S/C11H16NO3P/c1-9-8-14-16(13,15-10(9)2)12-11-6-4-3-5-7-11/h3-7,9-10H,8H2,1-2H3,(H,12,13)/t9?,10-,16-/m1/s1. The molecular weight excluding hydrogens is 225 g/mol. The van der Waals surface area contributed by atoms with E-state index in [9.17, 15) is 4.57 Å². The Morgan fingerprint density at radius 3 is 2.62 bits per heavy atom. The molecule has 0 amide bonds. The molecule has 5 heteroatoms. The highest BCUT2D eigenvalue weighted by atomic mass is 31.2. The van der Waals surface area contributed by atoms with E-state index in [0.29, 0.717) is 6.61 Å². The fourth-order valence-electron chi connectivity index (χ4n) is 1.43. The lowest BCUT2D eigenvalue weighted by Crippen LogP contribution is -2.28. The molecule has 0 spiro atoms. The Hall–Kier alpha value is -0.830. The molecule has 0 saturated carbocycles. The van der Waals surface area contributed by atoms with Crippen molar-refractivity contribution in [2.24, 2.45) is 5.92 Å². The largest absolute Gasteiger partial charge is 0.432 e. The van der Waals surface area contributed by atoms with E-state index in [1.54, 1.807) is 0 Å². The maximum atomic E-state index is 12.2. The molecular formula is C11H16NO3P. The van der Waals surface area contributed by atoms with Crippen LogP contribution in [0.3, 0.4) is 0 Å². The third-order valence-corrected chi connectivity index (χ3v) is 4.28. The fraction of sp³-hybridized carbons (Fsp3) is 0.455. The minimum atomic E-state index is -3.18. The first-order chi connectivity index (χ1) is 7.59. The highest BCUT2D eigenvalue weighted by Crippen LogP contribution is 2.52.